The van der Waals surface area contributed by atoms with Gasteiger partial charge in [0.05, 0.1) is 0 Å². The first-order valence-electron chi connectivity index (χ1n) is 16.6. The van der Waals surface area contributed by atoms with Crippen molar-refractivity contribution in [3.63, 3.8) is 0 Å². The van der Waals surface area contributed by atoms with Crippen LogP contribution in [0.3, 0.4) is 0 Å². The van der Waals surface area contributed by atoms with Crippen LogP contribution in [0.15, 0.2) is 195 Å². The van der Waals surface area contributed by atoms with E-state index >= 15 is 0 Å². The van der Waals surface area contributed by atoms with Gasteiger partial charge in [-0.15, -0.1) is 0 Å². The van der Waals surface area contributed by atoms with Crippen molar-refractivity contribution in [1.82, 2.24) is 0 Å². The molecule has 596 valence electrons. The Kier molecular flexibility index (Phi) is 361. The number of pyridine rings is 8. The first kappa shape index (κ1) is 258. The quantitative estimate of drug-likeness (QED) is 0.0705. The number of aromatic nitrogens is 8. The van der Waals surface area contributed by atoms with Crippen molar-refractivity contribution in [2.24, 2.45) is 0 Å². The van der Waals surface area contributed by atoms with Crippen LogP contribution in [0, 0.1) is 41.7 Å². The molecule has 0 atom stereocenters. The summed E-state index contributed by atoms with van der Waals surface area (Å²) in [5.74, 6) is 0. The third-order valence-electron chi connectivity index (χ3n) is 7.64. The van der Waals surface area contributed by atoms with Gasteiger partial charge in [-0.25, -0.2) is 0 Å². The Hall–Kier alpha value is -3.16. The van der Waals surface area contributed by atoms with Gasteiger partial charge in [0.25, 0.3) is 45.6 Å². The average molecular weight is 2170 g/mol. The van der Waals surface area contributed by atoms with Crippen LogP contribution in [-0.4, -0.2) is 11.0 Å². The van der Waals surface area contributed by atoms with E-state index in [0.717, 1.165) is 0 Å². The van der Waals surface area contributed by atoms with Gasteiger partial charge in [-0.2, -0.15) is 37.8 Å². The molecule has 16 N–H and O–H groups in total. The van der Waals surface area contributed by atoms with Crippen molar-refractivity contribution < 1.29 is 415 Å². The van der Waals surface area contributed by atoms with E-state index in [1.165, 1.54) is 49.6 Å². The van der Waals surface area contributed by atoms with Crippen molar-refractivity contribution >= 4 is 0 Å². The largest absolute Gasteiger partial charge is 3.00 e. The van der Waals surface area contributed by atoms with Crippen LogP contribution in [0.2, 0.25) is 0 Å². The van der Waals surface area contributed by atoms with Crippen molar-refractivity contribution in [3.8, 4) is 45.6 Å². The third-order valence-corrected chi connectivity index (χ3v) is 7.64. The molecule has 0 bridgehead atoms. The fourth-order valence-electron chi connectivity index (χ4n) is 5.01. The topological polar surface area (TPSA) is 1150 Å². The van der Waals surface area contributed by atoms with Crippen LogP contribution in [0.5, 0.6) is 0 Å². The second kappa shape index (κ2) is 137. The molecule has 0 aliphatic heterocycles. The first-order valence-corrected chi connectivity index (χ1v) is 16.6. The van der Waals surface area contributed by atoms with E-state index in [1.807, 2.05) is 0 Å². The van der Waals surface area contributed by atoms with Gasteiger partial charge in [0.15, 0.2) is 49.6 Å². The van der Waals surface area contributed by atoms with Gasteiger partial charge >= 0.3 is 33.6 Å². The minimum absolute atomic E-state index is 0. The number of nitrogens with zero attached hydrogens (tertiary/aromatic N) is 8. The number of hydrogen-bond donors (Lipinski definition) is 0. The predicted molar refractivity (Wildman–Crippen MR) is 244 cm³/mol. The Morgan fingerprint density at radius 3 is 0.265 bits per heavy atom. The molecule has 98 heavy (non-hydrogen) atoms. The molecule has 8 aromatic heterocycles. The van der Waals surface area contributed by atoms with E-state index in [-0.39, 0.29) is 377 Å². The molecular formula is C40H48Co2Mo8N8O40-42. The maximum absolute atomic E-state index is 11.3. The molecular weight excluding hydrogens is 2120 g/mol. The van der Waals surface area contributed by atoms with Crippen molar-refractivity contribution in [2.75, 3.05) is 0 Å². The number of hydrogen-bond acceptors (Lipinski definition) is 8. The van der Waals surface area contributed by atoms with Crippen LogP contribution in [0.25, 0.3) is 45.6 Å². The summed E-state index contributed by atoms with van der Waals surface area (Å²) in [6.07, 6.45) is 10.9. The average Bonchev–Trinajstić information content (AvgIpc) is 3.21. The van der Waals surface area contributed by atoms with E-state index in [1.54, 1.807) is 146 Å². The van der Waals surface area contributed by atoms with E-state index in [4.69, 9.17) is 0 Å². The zero-order chi connectivity index (χ0) is 39.9. The summed E-state index contributed by atoms with van der Waals surface area (Å²) in [6, 6.07) is 39.6. The SMILES string of the molecule is O.O.[Co+3].[Co+3].[Mo].[Mo].[Mo].[Mo].[Mo].[Mo].[Mo].[Mo].[O-2].[O-2].[O-2].[O-2].[O-2].[O-2].[O-2].[O-2].[O-2].[O-2].[O-2].[O-2].[O-2].[O-2].[O-2].[O-2].[O-2].[O-2].[O-2].[O-2].[O-2].[O-2].[O-2].[O-2].[O-2].[O-2].[O-][n+]1ccccc1-c1cccc[n+]1[O-].[O-][n+]1ccccc1-c1cccc[n+]1[O-].[O-][n+]1ccccc1-c1cccc[n+]1[O-].[O-][n+]1ccccc1-c1cccc[n+]1[O-].[OH3+].[OH3+].[OH3+].[OH3+]. The first-order chi connectivity index (χ1) is 27.2. The Labute approximate surface area is 690 Å². The van der Waals surface area contributed by atoms with Crippen LogP contribution in [0.4, 0.5) is 0 Å². The Balaban J connectivity index is -0.0000000119. The minimum Gasteiger partial charge on any atom is -2.00 e. The molecule has 0 amide bonds. The predicted octanol–water partition coefficient (Wildman–Crippen LogP) is -5.97. The van der Waals surface area contributed by atoms with Gasteiger partial charge in [0.1, 0.15) is 0 Å². The molecule has 58 heteroatoms. The molecule has 48 nitrogen and oxygen atoms in total. The second-order valence-corrected chi connectivity index (χ2v) is 11.3. The Morgan fingerprint density at radius 2 is 0.214 bits per heavy atom. The summed E-state index contributed by atoms with van der Waals surface area (Å²) in [4.78, 5) is 0. The van der Waals surface area contributed by atoms with Gasteiger partial charge in [-0.1, -0.05) is 0 Å². The minimum atomic E-state index is 0. The van der Waals surface area contributed by atoms with E-state index in [0.29, 0.717) is 83.4 Å². The zero-order valence-electron chi connectivity index (χ0n) is 47.2. The van der Waals surface area contributed by atoms with Crippen LogP contribution >= 0.6 is 0 Å². The van der Waals surface area contributed by atoms with E-state index < -0.39 is 0 Å². The second-order valence-electron chi connectivity index (χ2n) is 11.3. The maximum atomic E-state index is 11.3. The fourth-order valence-corrected chi connectivity index (χ4v) is 5.01. The van der Waals surface area contributed by atoms with Gasteiger partial charge in [-0.3, -0.25) is 0 Å². The molecule has 0 fully saturated rings. The molecule has 0 saturated carbocycles. The van der Waals surface area contributed by atoms with Crippen LogP contribution < -0.4 is 37.8 Å². The van der Waals surface area contributed by atoms with Crippen molar-refractivity contribution in [1.29, 1.82) is 0 Å². The van der Waals surface area contributed by atoms with Gasteiger partial charge in [0, 0.05) is 266 Å². The van der Waals surface area contributed by atoms with Gasteiger partial charge in [0.2, 0.25) is 0 Å². The van der Waals surface area contributed by atoms with E-state index in [9.17, 15) is 41.7 Å². The molecule has 8 aromatic rings. The monoisotopic (exact) mass is 2180 g/mol. The van der Waals surface area contributed by atoms with Crippen molar-refractivity contribution in [3.05, 3.63) is 237 Å². The molecule has 0 aromatic carbocycles. The Morgan fingerprint density at radius 1 is 0.153 bits per heavy atom. The molecule has 8 heterocycles. The molecule has 0 aliphatic carbocycles. The van der Waals surface area contributed by atoms with Crippen molar-refractivity contribution in [2.45, 2.75) is 0 Å². The molecule has 0 spiro atoms. The Bertz CT molecular complexity index is 2110. The fraction of sp³-hybridized carbons (Fsp3) is 0. The summed E-state index contributed by atoms with van der Waals surface area (Å²) in [6.45, 7) is 0. The molecule has 0 radical (unpaired) electrons. The molecule has 0 unspecified atom stereocenters. The maximum Gasteiger partial charge on any atom is 3.00 e. The van der Waals surface area contributed by atoms with Crippen LogP contribution in [-0.2, 0) is 366 Å². The standard InChI is InChI=1S/4C10H8N2O2.2Co.8Mo.6H2O.26O/c4*13-11-7-3-1-5-9(11)10-6-2-4-8-12(10)14;;;;;;;;;;;;;;;;;;;;;;;;;;;;;;;;;;;;;;;;;;/h4*1-8H;;;;;;;;;;;6*1H2;;;;;;;;;;;;;;;;;;;;;;;;;;/q;;;;2*+3;;;;;;;;;;;;;;;26*-2/p+4. The zero-order valence-corrected chi connectivity index (χ0v) is 65.3. The molecule has 0 aliphatic rings. The summed E-state index contributed by atoms with van der Waals surface area (Å²) >= 11 is 0. The molecule has 0 saturated heterocycles. The smallest absolute Gasteiger partial charge is 2.00 e. The van der Waals surface area contributed by atoms with Gasteiger partial charge < -0.3 is 217 Å². The van der Waals surface area contributed by atoms with E-state index in [2.05, 4.69) is 0 Å². The summed E-state index contributed by atoms with van der Waals surface area (Å²) < 4.78 is 5.36. The van der Waals surface area contributed by atoms with Crippen LogP contribution in [0.1, 0.15) is 0 Å². The summed E-state index contributed by atoms with van der Waals surface area (Å²) in [5.41, 5.74) is 2.80. The normalized spacial score (nSPS) is 5.71. The third kappa shape index (κ3) is 77.0. The summed E-state index contributed by atoms with van der Waals surface area (Å²) in [5, 5.41) is 90.7. The molecule has 8 rings (SSSR count). The summed E-state index contributed by atoms with van der Waals surface area (Å²) in [7, 11) is 0. The number of rotatable bonds is 4. The van der Waals surface area contributed by atoms with Gasteiger partial charge in [-0.05, 0) is 48.5 Å².